The van der Waals surface area contributed by atoms with Gasteiger partial charge in [-0.25, -0.2) is 8.78 Å². The molecular formula is C33H42BrF2N5O2S2. The fourth-order valence-corrected chi connectivity index (χ4v) is 11.7. The van der Waals surface area contributed by atoms with Gasteiger partial charge >= 0.3 is 0 Å². The molecular weight excluding hydrogens is 680 g/mol. The Labute approximate surface area is 281 Å². The number of aromatic nitrogens is 1. The topological polar surface area (TPSA) is 77.6 Å². The Morgan fingerprint density at radius 2 is 1.20 bits per heavy atom. The van der Waals surface area contributed by atoms with Crippen molar-refractivity contribution in [3.8, 4) is 0 Å². The number of nitrogens with zero attached hydrogens (tertiary/aromatic N) is 3. The molecule has 7 heterocycles. The van der Waals surface area contributed by atoms with Crippen LogP contribution in [0.3, 0.4) is 0 Å². The summed E-state index contributed by atoms with van der Waals surface area (Å²) in [6.07, 6.45) is 11.1. The van der Waals surface area contributed by atoms with E-state index < -0.39 is 11.6 Å². The average molecular weight is 723 g/mol. The van der Waals surface area contributed by atoms with Crippen LogP contribution >= 0.6 is 39.5 Å². The number of amides is 2. The van der Waals surface area contributed by atoms with Crippen LogP contribution in [0.4, 0.5) is 8.78 Å². The Morgan fingerprint density at radius 3 is 1.67 bits per heavy atom. The lowest BCUT2D eigenvalue weighted by molar-refractivity contribution is -0.135. The molecule has 0 bridgehead atoms. The van der Waals surface area contributed by atoms with Crippen LogP contribution < -0.4 is 10.6 Å². The lowest BCUT2D eigenvalue weighted by Crippen LogP contribution is -2.46. The minimum atomic E-state index is -0.575. The van der Waals surface area contributed by atoms with E-state index in [1.165, 1.54) is 12.1 Å². The number of carbonyl (C=O) groups is 2. The van der Waals surface area contributed by atoms with Gasteiger partial charge in [0.25, 0.3) is 0 Å². The highest BCUT2D eigenvalue weighted by molar-refractivity contribution is 9.10. The predicted octanol–water partition coefficient (Wildman–Crippen LogP) is 6.55. The molecule has 6 saturated heterocycles. The van der Waals surface area contributed by atoms with E-state index in [1.54, 1.807) is 18.0 Å². The molecule has 8 rings (SSSR count). The van der Waals surface area contributed by atoms with Crippen molar-refractivity contribution in [3.63, 3.8) is 0 Å². The van der Waals surface area contributed by atoms with E-state index >= 15 is 0 Å². The highest BCUT2D eigenvalue weighted by atomic mass is 79.9. The Bertz CT molecular complexity index is 1390. The second-order valence-electron chi connectivity index (χ2n) is 12.4. The summed E-state index contributed by atoms with van der Waals surface area (Å²) in [7, 11) is 0. The zero-order chi connectivity index (χ0) is 31.8. The zero-order valence-electron chi connectivity index (χ0n) is 25.9. The van der Waals surface area contributed by atoms with Gasteiger partial charge in [-0.15, -0.1) is 23.5 Å². The van der Waals surface area contributed by atoms with Gasteiger partial charge in [0.1, 0.15) is 11.6 Å². The summed E-state index contributed by atoms with van der Waals surface area (Å²) in [4.78, 5) is 34.4. The normalized spacial score (nSPS) is 29.3. The van der Waals surface area contributed by atoms with Crippen LogP contribution in [0.5, 0.6) is 0 Å². The van der Waals surface area contributed by atoms with Gasteiger partial charge in [0.05, 0.1) is 32.3 Å². The van der Waals surface area contributed by atoms with Gasteiger partial charge in [-0.2, -0.15) is 0 Å². The molecule has 1 aromatic carbocycles. The van der Waals surface area contributed by atoms with Gasteiger partial charge in [0, 0.05) is 22.9 Å². The van der Waals surface area contributed by atoms with Gasteiger partial charge in [-0.1, -0.05) is 13.8 Å². The summed E-state index contributed by atoms with van der Waals surface area (Å²) in [5.74, 6) is -0.624. The van der Waals surface area contributed by atoms with Crippen LogP contribution in [0, 0.1) is 11.6 Å². The second-order valence-corrected chi connectivity index (χ2v) is 16.4. The summed E-state index contributed by atoms with van der Waals surface area (Å²) < 4.78 is 27.5. The lowest BCUT2D eigenvalue weighted by atomic mass is 9.94. The van der Waals surface area contributed by atoms with Gasteiger partial charge in [0.15, 0.2) is 0 Å². The average Bonchev–Trinajstić information content (AvgIpc) is 3.77. The molecule has 4 atom stereocenters. The highest BCUT2D eigenvalue weighted by Crippen LogP contribution is 2.56. The van der Waals surface area contributed by atoms with Crippen molar-refractivity contribution in [2.24, 2.45) is 0 Å². The molecule has 45 heavy (non-hydrogen) atoms. The number of thioether (sulfide) groups is 2. The van der Waals surface area contributed by atoms with Crippen molar-refractivity contribution in [1.29, 1.82) is 0 Å². The third kappa shape index (κ3) is 6.30. The molecule has 0 saturated carbocycles. The predicted molar refractivity (Wildman–Crippen MR) is 180 cm³/mol. The van der Waals surface area contributed by atoms with Crippen LogP contribution in [0.15, 0.2) is 41.1 Å². The smallest absolute Gasteiger partial charge is 0.240 e. The van der Waals surface area contributed by atoms with E-state index in [2.05, 4.69) is 42.5 Å². The molecule has 244 valence electrons. The lowest BCUT2D eigenvalue weighted by Gasteiger charge is -2.32. The molecule has 6 fully saturated rings. The fraction of sp³-hybridized carbons (Fsp3) is 0.606. The third-order valence-electron chi connectivity index (χ3n) is 9.84. The molecule has 6 aliphatic heterocycles. The molecule has 2 N–H and O–H groups in total. The number of benzene rings is 1. The Balaban J connectivity index is 0.000000151. The zero-order valence-corrected chi connectivity index (χ0v) is 29.1. The van der Waals surface area contributed by atoms with Crippen molar-refractivity contribution < 1.29 is 18.4 Å². The van der Waals surface area contributed by atoms with Gasteiger partial charge < -0.3 is 20.4 Å². The van der Waals surface area contributed by atoms with Gasteiger partial charge in [0.2, 0.25) is 11.8 Å². The number of nitrogens with one attached hydrogen (secondary N) is 2. The van der Waals surface area contributed by atoms with E-state index in [4.69, 9.17) is 0 Å². The molecule has 0 aliphatic carbocycles. The maximum Gasteiger partial charge on any atom is 0.240 e. The molecule has 2 amide bonds. The van der Waals surface area contributed by atoms with Gasteiger partial charge in [-0.3, -0.25) is 14.6 Å². The Kier molecular flexibility index (Phi) is 10.2. The molecule has 7 nitrogen and oxygen atoms in total. The standard InChI is InChI=1S/C16H18F2N2OS.C15H18BrN3OS.C2H6/c17-11-7-10(8-12(18)9-11)13-1-2-14-20(13)15(21)16(22-14)3-5-19-6-4-16;16-11-7-10(8-18-9-11)12-1-2-13-19(12)14(20)15(21-13)3-5-17-6-4-15;1-2/h7-9,13-14,19H,1-6H2;7-9,12-13,17H,1-6H2;1-2H3/t13-,14+;;/m0../s1. The molecule has 2 spiro atoms. The number of halogens is 3. The van der Waals surface area contributed by atoms with Crippen LogP contribution in [0.2, 0.25) is 0 Å². The summed E-state index contributed by atoms with van der Waals surface area (Å²) in [5, 5.41) is 7.18. The molecule has 2 unspecified atom stereocenters. The summed E-state index contributed by atoms with van der Waals surface area (Å²) in [6.45, 7) is 7.64. The number of carbonyl (C=O) groups excluding carboxylic acids is 2. The largest absolute Gasteiger partial charge is 0.322 e. The Morgan fingerprint density at radius 1 is 0.733 bits per heavy atom. The number of pyridine rings is 1. The first-order valence-electron chi connectivity index (χ1n) is 16.3. The quantitative estimate of drug-likeness (QED) is 0.364. The second kappa shape index (κ2) is 13.8. The van der Waals surface area contributed by atoms with Crippen LogP contribution in [0.25, 0.3) is 0 Å². The van der Waals surface area contributed by atoms with E-state index in [1.807, 2.05) is 36.7 Å². The van der Waals surface area contributed by atoms with Crippen molar-refractivity contribution in [1.82, 2.24) is 25.4 Å². The summed E-state index contributed by atoms with van der Waals surface area (Å²) >= 11 is 7.18. The van der Waals surface area contributed by atoms with Crippen LogP contribution in [-0.4, -0.2) is 73.0 Å². The SMILES string of the molecule is CC.O=C1N2C(CCC2c2cncc(Br)c2)SC12CCNCC2.O=C1N2[C@@H](CC[C@H]2c2cc(F)cc(F)c2)SC12CCNCC2. The monoisotopic (exact) mass is 721 g/mol. The minimum absolute atomic E-state index is 0.155. The first kappa shape index (κ1) is 33.2. The number of rotatable bonds is 2. The number of hydrogen-bond acceptors (Lipinski definition) is 7. The van der Waals surface area contributed by atoms with E-state index in [0.717, 1.165) is 93.6 Å². The summed E-state index contributed by atoms with van der Waals surface area (Å²) in [5.41, 5.74) is 1.74. The molecule has 2 aromatic rings. The van der Waals surface area contributed by atoms with E-state index in [-0.39, 0.29) is 32.9 Å². The molecule has 6 aliphatic rings. The van der Waals surface area contributed by atoms with Crippen molar-refractivity contribution in [3.05, 3.63) is 63.9 Å². The minimum Gasteiger partial charge on any atom is -0.322 e. The summed E-state index contributed by atoms with van der Waals surface area (Å²) in [6, 6.07) is 5.72. The maximum atomic E-state index is 13.5. The molecule has 1 aromatic heterocycles. The van der Waals surface area contributed by atoms with Crippen LogP contribution in [0.1, 0.15) is 88.4 Å². The third-order valence-corrected chi connectivity index (χ3v) is 13.8. The van der Waals surface area contributed by atoms with Gasteiger partial charge in [-0.05, 0) is 123 Å². The molecule has 12 heteroatoms. The maximum absolute atomic E-state index is 13.5. The molecule has 0 radical (unpaired) electrons. The fourth-order valence-electron chi connectivity index (χ4n) is 7.78. The van der Waals surface area contributed by atoms with Crippen molar-refractivity contribution in [2.75, 3.05) is 26.2 Å². The highest BCUT2D eigenvalue weighted by Gasteiger charge is 2.58. The van der Waals surface area contributed by atoms with Crippen molar-refractivity contribution >= 4 is 51.3 Å². The number of fused-ring (bicyclic) bond motifs is 2. The first-order valence-corrected chi connectivity index (χ1v) is 18.8. The first-order chi connectivity index (χ1) is 21.8. The van der Waals surface area contributed by atoms with Crippen molar-refractivity contribution in [2.45, 2.75) is 97.5 Å². The van der Waals surface area contributed by atoms with E-state index in [0.29, 0.717) is 16.8 Å². The van der Waals surface area contributed by atoms with Crippen LogP contribution in [-0.2, 0) is 9.59 Å². The van der Waals surface area contributed by atoms with E-state index in [9.17, 15) is 18.4 Å². The number of hydrogen-bond donors (Lipinski definition) is 2. The number of piperidine rings is 2. The Hall–Kier alpha value is -1.73.